The third kappa shape index (κ3) is 5.94. The van der Waals surface area contributed by atoms with E-state index in [0.717, 1.165) is 25.1 Å². The van der Waals surface area contributed by atoms with E-state index >= 15 is 0 Å². The van der Waals surface area contributed by atoms with Crippen molar-refractivity contribution in [1.82, 2.24) is 10.3 Å². The van der Waals surface area contributed by atoms with Crippen molar-refractivity contribution in [2.24, 2.45) is 0 Å². The summed E-state index contributed by atoms with van der Waals surface area (Å²) in [5, 5.41) is 5.98. The van der Waals surface area contributed by atoms with Crippen LogP contribution in [0.15, 0.2) is 91.3 Å². The Bertz CT molecular complexity index is 1260. The van der Waals surface area contributed by atoms with E-state index in [1.807, 2.05) is 0 Å². The molecule has 1 aliphatic heterocycles. The van der Waals surface area contributed by atoms with E-state index in [0.29, 0.717) is 31.1 Å². The second-order valence-electron chi connectivity index (χ2n) is 9.00. The molecule has 4 aromatic rings. The van der Waals surface area contributed by atoms with Gasteiger partial charge in [-0.3, -0.25) is 4.98 Å². The van der Waals surface area contributed by atoms with Crippen molar-refractivity contribution < 1.29 is 14.3 Å². The number of ether oxygens (including phenoxy) is 2. The lowest BCUT2D eigenvalue weighted by atomic mass is 9.87. The van der Waals surface area contributed by atoms with Gasteiger partial charge in [0.15, 0.2) is 0 Å². The van der Waals surface area contributed by atoms with E-state index in [2.05, 4.69) is 77.0 Å². The number of aromatic nitrogens is 1. The van der Waals surface area contributed by atoms with Gasteiger partial charge in [0.2, 0.25) is 0 Å². The van der Waals surface area contributed by atoms with Crippen LogP contribution in [0.5, 0.6) is 0 Å². The maximum Gasteiger partial charge on any atom is 0.339 e. The standard InChI is InChI=1S/C30H30N2O3/c33-30(27-6-3-15-31-19-27)34-17-14-22-7-11-25(12-8-22)28-13-16-32-20-29(28)35-21-23-9-10-24-4-1-2-5-26(24)18-23/h1-12,15,18-19,28-29,32H,13-14,16-17,20-21H2. The molecular formula is C30H30N2O3. The van der Waals surface area contributed by atoms with Gasteiger partial charge in [0.25, 0.3) is 0 Å². The summed E-state index contributed by atoms with van der Waals surface area (Å²) >= 11 is 0. The zero-order chi connectivity index (χ0) is 23.9. The van der Waals surface area contributed by atoms with E-state index < -0.39 is 0 Å². The highest BCUT2D eigenvalue weighted by molar-refractivity contribution is 5.88. The van der Waals surface area contributed by atoms with Gasteiger partial charge in [-0.05, 0) is 58.6 Å². The Morgan fingerprint density at radius 2 is 1.77 bits per heavy atom. The summed E-state index contributed by atoms with van der Waals surface area (Å²) in [5.74, 6) is 0.0185. The minimum atomic E-state index is -0.337. The number of nitrogens with zero attached hydrogens (tertiary/aromatic N) is 1. The molecule has 1 saturated heterocycles. The second kappa shape index (κ2) is 11.3. The van der Waals surface area contributed by atoms with Crippen LogP contribution in [0.3, 0.4) is 0 Å². The van der Waals surface area contributed by atoms with Gasteiger partial charge in [-0.2, -0.15) is 0 Å². The third-order valence-electron chi connectivity index (χ3n) is 6.63. The molecule has 1 fully saturated rings. The summed E-state index contributed by atoms with van der Waals surface area (Å²) in [4.78, 5) is 16.0. The number of rotatable bonds is 8. The fourth-order valence-electron chi connectivity index (χ4n) is 4.68. The first kappa shape index (κ1) is 23.2. The Morgan fingerprint density at radius 3 is 2.60 bits per heavy atom. The highest BCUT2D eigenvalue weighted by Gasteiger charge is 2.27. The summed E-state index contributed by atoms with van der Waals surface area (Å²) in [5.41, 5.74) is 4.12. The molecule has 2 atom stereocenters. The van der Waals surface area contributed by atoms with Crippen molar-refractivity contribution in [2.75, 3.05) is 19.7 Å². The highest BCUT2D eigenvalue weighted by Crippen LogP contribution is 2.29. The fourth-order valence-corrected chi connectivity index (χ4v) is 4.68. The lowest BCUT2D eigenvalue weighted by molar-refractivity contribution is 0.0106. The van der Waals surface area contributed by atoms with E-state index in [9.17, 15) is 4.79 Å². The smallest absolute Gasteiger partial charge is 0.339 e. The Morgan fingerprint density at radius 1 is 0.943 bits per heavy atom. The number of hydrogen-bond acceptors (Lipinski definition) is 5. The number of esters is 1. The molecule has 0 saturated carbocycles. The molecule has 1 aromatic heterocycles. The lowest BCUT2D eigenvalue weighted by Crippen LogP contribution is -2.40. The van der Waals surface area contributed by atoms with Crippen LogP contribution in [-0.4, -0.2) is 36.8 Å². The number of hydrogen-bond donors (Lipinski definition) is 1. The van der Waals surface area contributed by atoms with Crippen LogP contribution in [0.1, 0.15) is 39.4 Å². The summed E-state index contributed by atoms with van der Waals surface area (Å²) in [6.45, 7) is 2.79. The molecule has 0 amide bonds. The Balaban J connectivity index is 1.16. The van der Waals surface area contributed by atoms with Gasteiger partial charge in [0.1, 0.15) is 0 Å². The molecule has 5 heteroatoms. The molecule has 5 nitrogen and oxygen atoms in total. The maximum absolute atomic E-state index is 12.1. The summed E-state index contributed by atoms with van der Waals surface area (Å²) in [7, 11) is 0. The number of fused-ring (bicyclic) bond motifs is 1. The Kier molecular flexibility index (Phi) is 7.47. The minimum absolute atomic E-state index is 0.126. The number of nitrogens with one attached hydrogen (secondary N) is 1. The van der Waals surface area contributed by atoms with Crippen molar-refractivity contribution in [3.05, 3.63) is 114 Å². The molecule has 0 spiro atoms. The van der Waals surface area contributed by atoms with Crippen LogP contribution in [0.2, 0.25) is 0 Å². The van der Waals surface area contributed by atoms with E-state index in [1.54, 1.807) is 18.3 Å². The number of carbonyl (C=O) groups excluding carboxylic acids is 1. The molecule has 0 bridgehead atoms. The van der Waals surface area contributed by atoms with Gasteiger partial charge in [-0.1, -0.05) is 60.7 Å². The predicted molar refractivity (Wildman–Crippen MR) is 137 cm³/mol. The molecule has 5 rings (SSSR count). The molecule has 35 heavy (non-hydrogen) atoms. The highest BCUT2D eigenvalue weighted by atomic mass is 16.5. The van der Waals surface area contributed by atoms with Crippen LogP contribution < -0.4 is 5.32 Å². The molecule has 2 heterocycles. The largest absolute Gasteiger partial charge is 0.462 e. The summed E-state index contributed by atoms with van der Waals surface area (Å²) < 4.78 is 11.8. The normalized spacial score (nSPS) is 17.8. The maximum atomic E-state index is 12.1. The number of carbonyl (C=O) groups is 1. The van der Waals surface area contributed by atoms with Crippen LogP contribution in [0, 0.1) is 0 Å². The summed E-state index contributed by atoms with van der Waals surface area (Å²) in [6.07, 6.45) is 5.01. The van der Waals surface area contributed by atoms with Gasteiger partial charge in [0, 0.05) is 31.3 Å². The average Bonchev–Trinajstić information content (AvgIpc) is 2.93. The molecular weight excluding hydrogens is 436 g/mol. The van der Waals surface area contributed by atoms with Crippen LogP contribution in [0.4, 0.5) is 0 Å². The van der Waals surface area contributed by atoms with Crippen molar-refractivity contribution in [1.29, 1.82) is 0 Å². The first-order chi connectivity index (χ1) is 17.3. The van der Waals surface area contributed by atoms with Crippen LogP contribution in [0.25, 0.3) is 10.8 Å². The van der Waals surface area contributed by atoms with Gasteiger partial charge in [-0.15, -0.1) is 0 Å². The van der Waals surface area contributed by atoms with Gasteiger partial charge >= 0.3 is 5.97 Å². The zero-order valence-corrected chi connectivity index (χ0v) is 19.7. The number of benzene rings is 3. The number of piperidine rings is 1. The SMILES string of the molecule is O=C(OCCc1ccc(C2CCNCC2OCc2ccc3ccccc3c2)cc1)c1cccnc1. The minimum Gasteiger partial charge on any atom is -0.462 e. The predicted octanol–water partition coefficient (Wildman–Crippen LogP) is 5.30. The van der Waals surface area contributed by atoms with Gasteiger partial charge in [0.05, 0.1) is 24.9 Å². The Labute approximate surface area is 206 Å². The molecule has 3 aromatic carbocycles. The molecule has 178 valence electrons. The van der Waals surface area contributed by atoms with Gasteiger partial charge in [-0.25, -0.2) is 4.79 Å². The average molecular weight is 467 g/mol. The second-order valence-corrected chi connectivity index (χ2v) is 9.00. The zero-order valence-electron chi connectivity index (χ0n) is 19.7. The van der Waals surface area contributed by atoms with E-state index in [4.69, 9.17) is 9.47 Å². The number of pyridine rings is 1. The Hall–Kier alpha value is -3.54. The van der Waals surface area contributed by atoms with Crippen molar-refractivity contribution in [3.8, 4) is 0 Å². The third-order valence-corrected chi connectivity index (χ3v) is 6.63. The van der Waals surface area contributed by atoms with E-state index in [-0.39, 0.29) is 12.1 Å². The lowest BCUT2D eigenvalue weighted by Gasteiger charge is -2.32. The van der Waals surface area contributed by atoms with Crippen molar-refractivity contribution in [2.45, 2.75) is 31.5 Å². The van der Waals surface area contributed by atoms with Crippen LogP contribution >= 0.6 is 0 Å². The van der Waals surface area contributed by atoms with Gasteiger partial charge < -0.3 is 14.8 Å². The monoisotopic (exact) mass is 466 g/mol. The molecule has 1 N–H and O–H groups in total. The van der Waals surface area contributed by atoms with Crippen LogP contribution in [-0.2, 0) is 22.5 Å². The molecule has 2 unspecified atom stereocenters. The molecule has 0 radical (unpaired) electrons. The van der Waals surface area contributed by atoms with Crippen molar-refractivity contribution >= 4 is 16.7 Å². The topological polar surface area (TPSA) is 60.5 Å². The van der Waals surface area contributed by atoms with E-state index in [1.165, 1.54) is 28.1 Å². The molecule has 1 aliphatic rings. The quantitative estimate of drug-likeness (QED) is 0.357. The molecule has 0 aliphatic carbocycles. The first-order valence-electron chi connectivity index (χ1n) is 12.2. The fraction of sp³-hybridized carbons (Fsp3) is 0.267. The first-order valence-corrected chi connectivity index (χ1v) is 12.2. The van der Waals surface area contributed by atoms with Crippen molar-refractivity contribution in [3.63, 3.8) is 0 Å². The summed E-state index contributed by atoms with van der Waals surface area (Å²) in [6, 6.07) is 27.1.